The summed E-state index contributed by atoms with van der Waals surface area (Å²) in [5, 5.41) is 4.49. The van der Waals surface area contributed by atoms with Crippen LogP contribution in [-0.4, -0.2) is 48.0 Å². The molecule has 1 saturated heterocycles. The van der Waals surface area contributed by atoms with E-state index in [2.05, 4.69) is 15.1 Å². The maximum absolute atomic E-state index is 13.0. The first kappa shape index (κ1) is 18.2. The Morgan fingerprint density at radius 1 is 1.13 bits per heavy atom. The third-order valence-electron chi connectivity index (χ3n) is 5.41. The zero-order chi connectivity index (χ0) is 20.7. The van der Waals surface area contributed by atoms with Gasteiger partial charge in [-0.2, -0.15) is 5.10 Å². The van der Waals surface area contributed by atoms with Crippen molar-refractivity contribution in [1.82, 2.24) is 29.0 Å². The molecule has 8 nitrogen and oxygen atoms in total. The molecule has 0 N–H and O–H groups in total. The molecule has 1 aliphatic rings. The largest absolute Gasteiger partial charge is 0.336 e. The van der Waals surface area contributed by atoms with E-state index in [-0.39, 0.29) is 17.4 Å². The minimum Gasteiger partial charge on any atom is -0.336 e. The molecule has 0 bridgehead atoms. The van der Waals surface area contributed by atoms with Crippen molar-refractivity contribution in [3.8, 4) is 11.3 Å². The molecular formula is C22H20N6O2. The predicted molar refractivity (Wildman–Crippen MR) is 111 cm³/mol. The highest BCUT2D eigenvalue weighted by atomic mass is 16.2. The molecule has 0 aromatic carbocycles. The summed E-state index contributed by atoms with van der Waals surface area (Å²) in [6.07, 6.45) is 5.28. The predicted octanol–water partition coefficient (Wildman–Crippen LogP) is 2.03. The van der Waals surface area contributed by atoms with E-state index in [1.54, 1.807) is 23.4 Å². The van der Waals surface area contributed by atoms with E-state index in [1.165, 1.54) is 10.7 Å². The molecule has 150 valence electrons. The number of carbonyl (C=O) groups excluding carboxylic acids is 1. The molecule has 0 aliphatic carbocycles. The van der Waals surface area contributed by atoms with Crippen molar-refractivity contribution in [2.75, 3.05) is 13.1 Å². The van der Waals surface area contributed by atoms with Crippen LogP contribution < -0.4 is 5.56 Å². The Morgan fingerprint density at radius 2 is 2.00 bits per heavy atom. The fraction of sp³-hybridized carbons (Fsp3) is 0.227. The van der Waals surface area contributed by atoms with Gasteiger partial charge < -0.3 is 4.90 Å². The van der Waals surface area contributed by atoms with Crippen molar-refractivity contribution in [3.63, 3.8) is 0 Å². The van der Waals surface area contributed by atoms with Gasteiger partial charge in [0.2, 0.25) is 0 Å². The van der Waals surface area contributed by atoms with Crippen LogP contribution >= 0.6 is 0 Å². The van der Waals surface area contributed by atoms with Crippen LogP contribution in [0, 0.1) is 12.8 Å². The Labute approximate surface area is 172 Å². The summed E-state index contributed by atoms with van der Waals surface area (Å²) in [6, 6.07) is 12.7. The van der Waals surface area contributed by atoms with Gasteiger partial charge in [-0.25, -0.2) is 9.67 Å². The Kier molecular flexibility index (Phi) is 4.39. The van der Waals surface area contributed by atoms with Crippen LogP contribution in [0.1, 0.15) is 16.2 Å². The molecule has 0 spiro atoms. The molecule has 0 saturated carbocycles. The lowest BCUT2D eigenvalue weighted by Crippen LogP contribution is -2.52. The minimum absolute atomic E-state index is 0.0353. The lowest BCUT2D eigenvalue weighted by Gasteiger charge is -2.39. The van der Waals surface area contributed by atoms with Gasteiger partial charge in [0.15, 0.2) is 0 Å². The third-order valence-corrected chi connectivity index (χ3v) is 5.41. The van der Waals surface area contributed by atoms with Gasteiger partial charge in [-0.1, -0.05) is 6.07 Å². The zero-order valence-electron chi connectivity index (χ0n) is 16.5. The number of likely N-dealkylation sites (tertiary alicyclic amines) is 1. The molecule has 0 radical (unpaired) electrons. The van der Waals surface area contributed by atoms with E-state index in [4.69, 9.17) is 0 Å². The molecule has 1 amide bonds. The molecular weight excluding hydrogens is 380 g/mol. The van der Waals surface area contributed by atoms with Gasteiger partial charge in [0.05, 0.1) is 17.9 Å². The number of fused-ring (bicyclic) bond motifs is 1. The summed E-state index contributed by atoms with van der Waals surface area (Å²) in [4.78, 5) is 35.6. The van der Waals surface area contributed by atoms with Crippen molar-refractivity contribution in [2.24, 2.45) is 5.92 Å². The van der Waals surface area contributed by atoms with Gasteiger partial charge in [0.25, 0.3) is 11.5 Å². The molecule has 1 aliphatic heterocycles. The first-order valence-electron chi connectivity index (χ1n) is 9.81. The highest BCUT2D eigenvalue weighted by molar-refractivity contribution is 5.95. The molecule has 5 heterocycles. The number of aryl methyl sites for hydroxylation is 1. The first-order valence-corrected chi connectivity index (χ1v) is 9.81. The number of hydrogen-bond donors (Lipinski definition) is 0. The third kappa shape index (κ3) is 3.16. The minimum atomic E-state index is -0.148. The quantitative estimate of drug-likeness (QED) is 0.523. The molecule has 5 rings (SSSR count). The molecule has 0 atom stereocenters. The SMILES string of the molecule is Cc1nc2ccccn2c1C(=O)N1CC(Cn2nc(-c3cccnc3)ccc2=O)C1. The topological polar surface area (TPSA) is 85.4 Å². The van der Waals surface area contributed by atoms with Crippen molar-refractivity contribution < 1.29 is 4.79 Å². The summed E-state index contributed by atoms with van der Waals surface area (Å²) in [7, 11) is 0. The van der Waals surface area contributed by atoms with Gasteiger partial charge in [-0.05, 0) is 37.3 Å². The van der Waals surface area contributed by atoms with Gasteiger partial charge in [0, 0.05) is 49.2 Å². The fourth-order valence-electron chi connectivity index (χ4n) is 3.86. The molecule has 8 heteroatoms. The van der Waals surface area contributed by atoms with Gasteiger partial charge in [-0.15, -0.1) is 0 Å². The fourth-order valence-corrected chi connectivity index (χ4v) is 3.86. The van der Waals surface area contributed by atoms with Gasteiger partial charge in [0.1, 0.15) is 11.3 Å². The van der Waals surface area contributed by atoms with Crippen molar-refractivity contribution in [2.45, 2.75) is 13.5 Å². The maximum Gasteiger partial charge on any atom is 0.272 e. The molecule has 0 unspecified atom stereocenters. The number of imidazole rings is 1. The monoisotopic (exact) mass is 400 g/mol. The zero-order valence-corrected chi connectivity index (χ0v) is 16.5. The number of hydrogen-bond acceptors (Lipinski definition) is 5. The van der Waals surface area contributed by atoms with E-state index < -0.39 is 0 Å². The van der Waals surface area contributed by atoms with E-state index >= 15 is 0 Å². The van der Waals surface area contributed by atoms with E-state index in [9.17, 15) is 9.59 Å². The summed E-state index contributed by atoms with van der Waals surface area (Å²) >= 11 is 0. The van der Waals surface area contributed by atoms with Crippen LogP contribution in [0.4, 0.5) is 0 Å². The van der Waals surface area contributed by atoms with Gasteiger partial charge in [-0.3, -0.25) is 19.0 Å². The van der Waals surface area contributed by atoms with Crippen LogP contribution in [0.15, 0.2) is 65.8 Å². The van der Waals surface area contributed by atoms with Crippen LogP contribution in [0.3, 0.4) is 0 Å². The maximum atomic E-state index is 13.0. The summed E-state index contributed by atoms with van der Waals surface area (Å²) in [5.41, 5.74) is 3.49. The Balaban J connectivity index is 1.30. The number of pyridine rings is 2. The Morgan fingerprint density at radius 3 is 2.80 bits per heavy atom. The van der Waals surface area contributed by atoms with Crippen LogP contribution in [0.5, 0.6) is 0 Å². The highest BCUT2D eigenvalue weighted by Crippen LogP contribution is 2.22. The van der Waals surface area contributed by atoms with E-state index in [0.717, 1.165) is 16.9 Å². The highest BCUT2D eigenvalue weighted by Gasteiger charge is 2.34. The number of rotatable bonds is 4. The first-order chi connectivity index (χ1) is 14.6. The van der Waals surface area contributed by atoms with E-state index in [1.807, 2.05) is 47.9 Å². The number of carbonyl (C=O) groups is 1. The standard InChI is InChI=1S/C22H20N6O2/c1-15-21(27-10-3-2-6-19(27)24-15)22(30)26-12-16(13-26)14-28-20(29)8-7-18(25-28)17-5-4-9-23-11-17/h2-11,16H,12-14H2,1H3. The molecule has 4 aromatic heterocycles. The normalized spacial score (nSPS) is 14.1. The van der Waals surface area contributed by atoms with Gasteiger partial charge >= 0.3 is 0 Å². The number of amides is 1. The van der Waals surface area contributed by atoms with Crippen LogP contribution in [-0.2, 0) is 6.54 Å². The average molecular weight is 400 g/mol. The van der Waals surface area contributed by atoms with Crippen LogP contribution in [0.25, 0.3) is 16.9 Å². The smallest absolute Gasteiger partial charge is 0.272 e. The van der Waals surface area contributed by atoms with Crippen molar-refractivity contribution in [1.29, 1.82) is 0 Å². The lowest BCUT2D eigenvalue weighted by atomic mass is 9.99. The molecule has 1 fully saturated rings. The summed E-state index contributed by atoms with van der Waals surface area (Å²) in [6.45, 7) is 3.50. The molecule has 4 aromatic rings. The second-order valence-corrected chi connectivity index (χ2v) is 7.53. The summed E-state index contributed by atoms with van der Waals surface area (Å²) in [5.74, 6) is 0.148. The Bertz CT molecular complexity index is 1290. The second kappa shape index (κ2) is 7.22. The van der Waals surface area contributed by atoms with E-state index in [0.29, 0.717) is 31.0 Å². The second-order valence-electron chi connectivity index (χ2n) is 7.53. The molecule has 30 heavy (non-hydrogen) atoms. The average Bonchev–Trinajstić information content (AvgIpc) is 3.07. The summed E-state index contributed by atoms with van der Waals surface area (Å²) < 4.78 is 3.31. The van der Waals surface area contributed by atoms with Crippen LogP contribution in [0.2, 0.25) is 0 Å². The Hall–Kier alpha value is -3.81. The lowest BCUT2D eigenvalue weighted by molar-refractivity contribution is 0.0451. The number of aromatic nitrogens is 5. The number of nitrogens with zero attached hydrogens (tertiary/aromatic N) is 6. The van der Waals surface area contributed by atoms with Crippen molar-refractivity contribution in [3.05, 3.63) is 82.8 Å². The van der Waals surface area contributed by atoms with Crippen molar-refractivity contribution >= 4 is 11.6 Å².